The van der Waals surface area contributed by atoms with Gasteiger partial charge in [-0.3, -0.25) is 33.4 Å². The van der Waals surface area contributed by atoms with Crippen molar-refractivity contribution in [3.8, 4) is 0 Å². The summed E-state index contributed by atoms with van der Waals surface area (Å²) < 4.78 is 113. The highest BCUT2D eigenvalue weighted by Gasteiger charge is 2.46. The Labute approximate surface area is 443 Å². The quantitative estimate of drug-likeness (QED) is 0.00668. The summed E-state index contributed by atoms with van der Waals surface area (Å²) in [5.41, 5.74) is 1.47. The molecular weight excluding hydrogens is 1070 g/mol. The molecule has 2 heterocycles. The van der Waals surface area contributed by atoms with Crippen molar-refractivity contribution < 1.29 is 77.4 Å². The summed E-state index contributed by atoms with van der Waals surface area (Å²) in [5.74, 6) is -1.53. The molecule has 76 heavy (non-hydrogen) atoms. The highest BCUT2D eigenvalue weighted by Crippen LogP contribution is 2.52. The van der Waals surface area contributed by atoms with Crippen molar-refractivity contribution >= 4 is 104 Å². The third-order valence-electron chi connectivity index (χ3n) is 13.5. The Balaban J connectivity index is 1.42. The van der Waals surface area contributed by atoms with Crippen LogP contribution in [0, 0.1) is 10.1 Å². The van der Waals surface area contributed by atoms with Gasteiger partial charge in [0.15, 0.2) is 5.71 Å². The molecule has 7 rings (SSSR count). The van der Waals surface area contributed by atoms with Crippen LogP contribution in [0.15, 0.2) is 116 Å². The van der Waals surface area contributed by atoms with E-state index in [-0.39, 0.29) is 45.3 Å². The van der Waals surface area contributed by atoms with Crippen LogP contribution >= 0.6 is 12.0 Å². The molecule has 0 unspecified atom stereocenters. The first-order valence-electron chi connectivity index (χ1n) is 23.6. The zero-order valence-electron chi connectivity index (χ0n) is 42.2. The molecule has 0 saturated heterocycles. The van der Waals surface area contributed by atoms with Crippen LogP contribution in [0.1, 0.15) is 94.3 Å². The second-order valence-corrected chi connectivity index (χ2v) is 23.8. The van der Waals surface area contributed by atoms with Gasteiger partial charge < -0.3 is 15.3 Å². The van der Waals surface area contributed by atoms with E-state index in [9.17, 15) is 58.6 Å². The molecule has 5 aromatic rings. The number of unbranched alkanes of at least 4 members (excludes halogenated alkanes) is 2. The fourth-order valence-corrected chi connectivity index (χ4v) is 12.7. The zero-order chi connectivity index (χ0) is 55.9. The lowest BCUT2D eigenvalue weighted by Gasteiger charge is -2.26. The van der Waals surface area contributed by atoms with E-state index in [0.717, 1.165) is 12.1 Å². The highest BCUT2D eigenvalue weighted by molar-refractivity contribution is 7.94. The number of nitro benzene ring substituents is 1. The third-order valence-corrected chi connectivity index (χ3v) is 16.7. The average Bonchev–Trinajstić information content (AvgIpc) is 3.71. The van der Waals surface area contributed by atoms with E-state index in [0.29, 0.717) is 95.1 Å². The van der Waals surface area contributed by atoms with Crippen molar-refractivity contribution in [2.45, 2.75) is 97.6 Å². The topological polar surface area (TPSA) is 307 Å². The normalized spacial score (nSPS) is 16.1. The van der Waals surface area contributed by atoms with Gasteiger partial charge in [0, 0.05) is 75.9 Å². The number of aliphatic carboxylic acids is 1. The Morgan fingerprint density at radius 2 is 1.47 bits per heavy atom. The molecule has 0 fully saturated rings. The van der Waals surface area contributed by atoms with Gasteiger partial charge in [-0.15, -0.1) is 4.33 Å². The smallest absolute Gasteiger partial charge is 0.303 e. The number of likely N-dealkylation sites (N-methyl/N-ethyl adjacent to an activating group) is 1. The Morgan fingerprint density at radius 1 is 0.816 bits per heavy atom. The molecule has 5 aromatic carbocycles. The van der Waals surface area contributed by atoms with E-state index < -0.39 is 78.4 Å². The number of rotatable bonds is 21. The molecule has 2 aliphatic heterocycles. The number of nitrogens with zero attached hydrogens (tertiary/aromatic N) is 3. The predicted octanol–water partition coefficient (Wildman–Crippen LogP) is 9.27. The lowest BCUT2D eigenvalue weighted by Crippen LogP contribution is -2.27. The lowest BCUT2D eigenvalue weighted by atomic mass is 9.78. The van der Waals surface area contributed by atoms with Gasteiger partial charge in [0.05, 0.1) is 44.8 Å². The minimum absolute atomic E-state index is 0.0145. The minimum atomic E-state index is -5.03. The molecule has 0 saturated carbocycles. The number of carbonyl (C=O) groups excluding carboxylic acids is 1. The summed E-state index contributed by atoms with van der Waals surface area (Å²) in [5, 5.41) is 30.5. The minimum Gasteiger partial charge on any atom is -0.481 e. The van der Waals surface area contributed by atoms with Crippen molar-refractivity contribution in [2.75, 3.05) is 31.6 Å². The van der Waals surface area contributed by atoms with E-state index >= 15 is 0 Å². The zero-order valence-corrected chi connectivity index (χ0v) is 45.4. The van der Waals surface area contributed by atoms with E-state index in [2.05, 4.69) is 15.2 Å². The molecule has 2 aliphatic rings. The third kappa shape index (κ3) is 11.3. The van der Waals surface area contributed by atoms with Crippen LogP contribution in [0.5, 0.6) is 0 Å². The van der Waals surface area contributed by atoms with Crippen molar-refractivity contribution in [2.24, 2.45) is 0 Å². The predicted molar refractivity (Wildman–Crippen MR) is 284 cm³/mol. The fraction of sp³-hybridized carbons (Fsp3) is 0.314. The van der Waals surface area contributed by atoms with Gasteiger partial charge in [-0.2, -0.15) is 29.8 Å². The van der Waals surface area contributed by atoms with Crippen LogP contribution < -0.4 is 10.2 Å². The highest BCUT2D eigenvalue weighted by atomic mass is 32.2. The van der Waals surface area contributed by atoms with Gasteiger partial charge in [0.25, 0.3) is 41.9 Å². The SMILES string of the molecule is CCN1/C(=C/C=C(/C=C/C2=[N+](CC)c3ccc4c(SOOOC)cc(S(=O)(=O)O)cc4c3C2(C)C)c2ccc(C(=O)NCCCCCC(=O)O)cc2[N+](=O)[O-])C(C)(C)c2c1ccc1c(S(=O)(=O)O)cc(S(=O)(=O)O)cc21. The number of carboxylic acid groups (broad SMARTS) is 1. The first-order valence-corrected chi connectivity index (χ1v) is 28.6. The molecule has 21 nitrogen and oxygen atoms in total. The van der Waals surface area contributed by atoms with Gasteiger partial charge in [0.1, 0.15) is 11.4 Å². The van der Waals surface area contributed by atoms with E-state index in [1.165, 1.54) is 37.4 Å². The van der Waals surface area contributed by atoms with Gasteiger partial charge >= 0.3 is 5.97 Å². The number of benzene rings is 5. The Kier molecular flexibility index (Phi) is 16.5. The van der Waals surface area contributed by atoms with Crippen LogP contribution in [0.3, 0.4) is 0 Å². The summed E-state index contributed by atoms with van der Waals surface area (Å²) in [4.78, 5) is 41.6. The Hall–Kier alpha value is -6.39. The monoisotopic (exact) mass is 1120 g/mol. The average molecular weight is 1120 g/mol. The largest absolute Gasteiger partial charge is 0.481 e. The molecule has 0 bridgehead atoms. The molecule has 0 aromatic heterocycles. The Bertz CT molecular complexity index is 3720. The first-order chi connectivity index (χ1) is 35.6. The van der Waals surface area contributed by atoms with Crippen LogP contribution in [0.4, 0.5) is 17.1 Å². The molecule has 1 amide bonds. The summed E-state index contributed by atoms with van der Waals surface area (Å²) >= 11 is 0.660. The van der Waals surface area contributed by atoms with Crippen LogP contribution in [0.2, 0.25) is 0 Å². The summed E-state index contributed by atoms with van der Waals surface area (Å²) in [6, 6.07) is 15.1. The first kappa shape index (κ1) is 57.3. The van der Waals surface area contributed by atoms with Gasteiger partial charge in [-0.05, 0) is 129 Å². The molecule has 0 radical (unpaired) electrons. The van der Waals surface area contributed by atoms with Crippen molar-refractivity contribution in [3.63, 3.8) is 0 Å². The van der Waals surface area contributed by atoms with Gasteiger partial charge in [-0.1, -0.05) is 37.4 Å². The van der Waals surface area contributed by atoms with Crippen LogP contribution in [-0.4, -0.2) is 97.8 Å². The number of allylic oxidation sites excluding steroid dienone is 6. The number of hydrogen-bond acceptors (Lipinski definition) is 15. The summed E-state index contributed by atoms with van der Waals surface area (Å²) in [6.07, 6.45) is 8.20. The van der Waals surface area contributed by atoms with E-state index in [1.807, 2.05) is 43.2 Å². The van der Waals surface area contributed by atoms with Crippen molar-refractivity contribution in [1.82, 2.24) is 5.32 Å². The number of nitro groups is 1. The number of carboxylic acids is 1. The number of anilines is 1. The Morgan fingerprint density at radius 3 is 2.08 bits per heavy atom. The second-order valence-electron chi connectivity index (χ2n) is 18.8. The van der Waals surface area contributed by atoms with Crippen LogP contribution in [0.25, 0.3) is 27.1 Å². The number of fused-ring (bicyclic) bond motifs is 6. The van der Waals surface area contributed by atoms with E-state index in [4.69, 9.17) is 9.44 Å². The molecule has 0 spiro atoms. The fourth-order valence-electron chi connectivity index (χ4n) is 10.1. The molecule has 404 valence electrons. The van der Waals surface area contributed by atoms with E-state index in [1.54, 1.807) is 50.3 Å². The summed E-state index contributed by atoms with van der Waals surface area (Å²) in [6.45, 7) is 12.1. The maximum absolute atomic E-state index is 13.4. The second kappa shape index (κ2) is 21.9. The number of hydrogen-bond donors (Lipinski definition) is 5. The lowest BCUT2D eigenvalue weighted by molar-refractivity contribution is -0.447. The molecular formula is C51H55N4O17S4+. The number of amides is 1. The molecule has 0 atom stereocenters. The number of carbonyl (C=O) groups is 2. The van der Waals surface area contributed by atoms with Crippen molar-refractivity contribution in [3.05, 3.63) is 129 Å². The van der Waals surface area contributed by atoms with Crippen LogP contribution in [-0.2, 0) is 60.2 Å². The van der Waals surface area contributed by atoms with Gasteiger partial charge in [0.2, 0.25) is 5.69 Å². The maximum Gasteiger partial charge on any atom is 0.303 e. The summed E-state index contributed by atoms with van der Waals surface area (Å²) in [7, 11) is -13.6. The molecule has 5 N–H and O–H groups in total. The maximum atomic E-state index is 13.4. The molecule has 25 heteroatoms. The van der Waals surface area contributed by atoms with Gasteiger partial charge in [-0.25, -0.2) is 4.89 Å². The van der Waals surface area contributed by atoms with Crippen molar-refractivity contribution in [1.29, 1.82) is 0 Å². The molecule has 0 aliphatic carbocycles. The number of nitrogens with one attached hydrogen (secondary N) is 1. The standard InChI is InChI=1S/C51H54N4O17S4/c1-8-53-39-20-18-35-37(26-32(74(61,62)63)28-42(35)73-72-71-70-7)47(39)50(3,4)44(53)22-15-30(34-17-14-31(25-41(34)55(59)60)49(58)52-24-12-10-11-13-46(56)57)16-23-45-51(5,6)48-38-27-33(75(64,65)66)29-43(76(67,68)69)36(38)19-21-40(48)54(45)9-2/h14-23,25-29H,8-13,24H2,1-7H3,(H4-,52,56,57,58,61,62,63,64,65,66,67,68,69)/p+1.